The molecule has 1 aromatic rings. The molecule has 2 rings (SSSR count). The molecule has 0 aromatic carbocycles. The van der Waals surface area contributed by atoms with Crippen LogP contribution in [-0.4, -0.2) is 56.7 Å². The van der Waals surface area contributed by atoms with Gasteiger partial charge in [-0.2, -0.15) is 0 Å². The van der Waals surface area contributed by atoms with Crippen LogP contribution >= 0.6 is 0 Å². The van der Waals surface area contributed by atoms with Crippen molar-refractivity contribution in [1.29, 1.82) is 0 Å². The molecule has 0 spiro atoms. The molecule has 0 saturated carbocycles. The highest BCUT2D eigenvalue weighted by Gasteiger charge is 2.27. The van der Waals surface area contributed by atoms with Crippen LogP contribution in [0, 0.1) is 5.92 Å². The summed E-state index contributed by atoms with van der Waals surface area (Å²) in [6.07, 6.45) is 8.89. The molecular formula is C22H40N4O3S. The van der Waals surface area contributed by atoms with Crippen LogP contribution in [0.5, 0.6) is 0 Å². The SMILES string of the molecule is CCCCC(CC)CN=C(NCCc1ccco1)NC1CCN(S(=O)(=O)CC)CC1. The van der Waals surface area contributed by atoms with Crippen LogP contribution in [0.15, 0.2) is 27.8 Å². The topological polar surface area (TPSA) is 86.9 Å². The number of furan rings is 1. The van der Waals surface area contributed by atoms with Gasteiger partial charge in [-0.05, 0) is 44.2 Å². The van der Waals surface area contributed by atoms with Crippen molar-refractivity contribution in [2.24, 2.45) is 10.9 Å². The van der Waals surface area contributed by atoms with Gasteiger partial charge < -0.3 is 15.1 Å². The number of piperidine rings is 1. The molecule has 172 valence electrons. The summed E-state index contributed by atoms with van der Waals surface area (Å²) in [6.45, 7) is 8.87. The molecule has 7 nitrogen and oxygen atoms in total. The van der Waals surface area contributed by atoms with Gasteiger partial charge in [0.2, 0.25) is 10.0 Å². The van der Waals surface area contributed by atoms with Crippen LogP contribution < -0.4 is 10.6 Å². The Kier molecular flexibility index (Phi) is 10.7. The Hall–Kier alpha value is -1.54. The zero-order chi connectivity index (χ0) is 21.8. The summed E-state index contributed by atoms with van der Waals surface area (Å²) in [5.74, 6) is 2.55. The summed E-state index contributed by atoms with van der Waals surface area (Å²) >= 11 is 0. The van der Waals surface area contributed by atoms with Crippen LogP contribution in [0.3, 0.4) is 0 Å². The van der Waals surface area contributed by atoms with Crippen LogP contribution in [0.2, 0.25) is 0 Å². The number of unbranched alkanes of at least 4 members (excludes halogenated alkanes) is 1. The Morgan fingerprint density at radius 1 is 1.30 bits per heavy atom. The minimum absolute atomic E-state index is 0.169. The summed E-state index contributed by atoms with van der Waals surface area (Å²) < 4.78 is 31.2. The normalized spacial score (nSPS) is 17.8. The number of guanidine groups is 1. The first-order valence-electron chi connectivity index (χ1n) is 11.5. The zero-order valence-corrected chi connectivity index (χ0v) is 19.7. The molecule has 1 aliphatic rings. The Balaban J connectivity index is 1.91. The number of nitrogens with zero attached hydrogens (tertiary/aromatic N) is 2. The number of hydrogen-bond acceptors (Lipinski definition) is 4. The first-order valence-corrected chi connectivity index (χ1v) is 13.1. The molecule has 0 radical (unpaired) electrons. The van der Waals surface area contributed by atoms with E-state index in [2.05, 4.69) is 24.5 Å². The van der Waals surface area contributed by atoms with E-state index < -0.39 is 10.0 Å². The minimum atomic E-state index is -3.10. The maximum Gasteiger partial charge on any atom is 0.213 e. The van der Waals surface area contributed by atoms with E-state index in [1.807, 2.05) is 12.1 Å². The second kappa shape index (κ2) is 13.0. The number of rotatable bonds is 12. The van der Waals surface area contributed by atoms with E-state index >= 15 is 0 Å². The van der Waals surface area contributed by atoms with E-state index in [1.165, 1.54) is 19.3 Å². The third kappa shape index (κ3) is 8.30. The van der Waals surface area contributed by atoms with E-state index in [0.717, 1.165) is 50.5 Å². The highest BCUT2D eigenvalue weighted by Crippen LogP contribution is 2.15. The van der Waals surface area contributed by atoms with E-state index in [1.54, 1.807) is 17.5 Å². The van der Waals surface area contributed by atoms with Crippen molar-refractivity contribution in [3.8, 4) is 0 Å². The van der Waals surface area contributed by atoms with Gasteiger partial charge in [0.25, 0.3) is 0 Å². The molecule has 1 saturated heterocycles. The van der Waals surface area contributed by atoms with Crippen molar-refractivity contribution >= 4 is 16.0 Å². The third-order valence-electron chi connectivity index (χ3n) is 5.85. The van der Waals surface area contributed by atoms with Crippen molar-refractivity contribution in [3.05, 3.63) is 24.2 Å². The maximum atomic E-state index is 12.1. The molecule has 8 heteroatoms. The third-order valence-corrected chi connectivity index (χ3v) is 7.73. The smallest absolute Gasteiger partial charge is 0.213 e. The van der Waals surface area contributed by atoms with Crippen molar-refractivity contribution in [1.82, 2.24) is 14.9 Å². The monoisotopic (exact) mass is 440 g/mol. The van der Waals surface area contributed by atoms with E-state index in [-0.39, 0.29) is 11.8 Å². The molecule has 1 aliphatic heterocycles. The highest BCUT2D eigenvalue weighted by atomic mass is 32.2. The molecule has 1 unspecified atom stereocenters. The predicted molar refractivity (Wildman–Crippen MR) is 123 cm³/mol. The summed E-state index contributed by atoms with van der Waals surface area (Å²) in [5, 5.41) is 6.99. The first-order chi connectivity index (χ1) is 14.5. The molecule has 0 bridgehead atoms. The molecule has 2 N–H and O–H groups in total. The average Bonchev–Trinajstić information content (AvgIpc) is 3.27. The summed E-state index contributed by atoms with van der Waals surface area (Å²) in [6, 6.07) is 4.12. The molecule has 1 aromatic heterocycles. The van der Waals surface area contributed by atoms with Crippen LogP contribution in [0.1, 0.15) is 65.1 Å². The standard InChI is InChI=1S/C22H40N4O3S/c1-4-7-9-19(5-2)18-24-22(23-14-11-21-10-8-17-29-21)25-20-12-15-26(16-13-20)30(27,28)6-3/h8,10,17,19-20H,4-7,9,11-16,18H2,1-3H3,(H2,23,24,25). The number of hydrogen-bond donors (Lipinski definition) is 2. The lowest BCUT2D eigenvalue weighted by atomic mass is 10.00. The fraction of sp³-hybridized carbons (Fsp3) is 0.773. The Bertz CT molecular complexity index is 711. The fourth-order valence-corrected chi connectivity index (χ4v) is 4.84. The van der Waals surface area contributed by atoms with E-state index in [4.69, 9.17) is 9.41 Å². The van der Waals surface area contributed by atoms with Crippen LogP contribution in [-0.2, 0) is 16.4 Å². The molecule has 1 fully saturated rings. The van der Waals surface area contributed by atoms with E-state index in [9.17, 15) is 8.42 Å². The molecule has 2 heterocycles. The number of sulfonamides is 1. The Morgan fingerprint density at radius 3 is 2.67 bits per heavy atom. The molecule has 1 atom stereocenters. The van der Waals surface area contributed by atoms with Crippen molar-refractivity contribution < 1.29 is 12.8 Å². The quantitative estimate of drug-likeness (QED) is 0.384. The van der Waals surface area contributed by atoms with Gasteiger partial charge in [0.15, 0.2) is 5.96 Å². The molecule has 0 amide bonds. The van der Waals surface area contributed by atoms with Crippen molar-refractivity contribution in [2.75, 3.05) is 31.9 Å². The van der Waals surface area contributed by atoms with Crippen LogP contribution in [0.25, 0.3) is 0 Å². The fourth-order valence-electron chi connectivity index (χ4n) is 3.70. The van der Waals surface area contributed by atoms with Gasteiger partial charge in [0.05, 0.1) is 12.0 Å². The lowest BCUT2D eigenvalue weighted by Gasteiger charge is -2.32. The summed E-state index contributed by atoms with van der Waals surface area (Å²) in [7, 11) is -3.10. The second-order valence-corrected chi connectivity index (χ2v) is 10.3. The summed E-state index contributed by atoms with van der Waals surface area (Å²) in [4.78, 5) is 4.88. The largest absolute Gasteiger partial charge is 0.469 e. The average molecular weight is 441 g/mol. The lowest BCUT2D eigenvalue weighted by molar-refractivity contribution is 0.306. The number of nitrogens with one attached hydrogen (secondary N) is 2. The van der Waals surface area contributed by atoms with Crippen LogP contribution in [0.4, 0.5) is 0 Å². The van der Waals surface area contributed by atoms with Gasteiger partial charge >= 0.3 is 0 Å². The van der Waals surface area contributed by atoms with Crippen molar-refractivity contribution in [3.63, 3.8) is 0 Å². The van der Waals surface area contributed by atoms with Gasteiger partial charge in [0.1, 0.15) is 5.76 Å². The molecule has 30 heavy (non-hydrogen) atoms. The Labute approximate surface area is 182 Å². The molecular weight excluding hydrogens is 400 g/mol. The highest BCUT2D eigenvalue weighted by molar-refractivity contribution is 7.89. The Morgan fingerprint density at radius 2 is 2.07 bits per heavy atom. The zero-order valence-electron chi connectivity index (χ0n) is 18.9. The van der Waals surface area contributed by atoms with Gasteiger partial charge in [-0.25, -0.2) is 12.7 Å². The second-order valence-electron chi connectivity index (χ2n) is 8.08. The predicted octanol–water partition coefficient (Wildman–Crippen LogP) is 3.39. The van der Waals surface area contributed by atoms with Gasteiger partial charge in [-0.3, -0.25) is 4.99 Å². The summed E-state index contributed by atoms with van der Waals surface area (Å²) in [5.41, 5.74) is 0. The first kappa shape index (κ1) is 24.7. The van der Waals surface area contributed by atoms with Gasteiger partial charge in [0, 0.05) is 38.6 Å². The van der Waals surface area contributed by atoms with Gasteiger partial charge in [-0.15, -0.1) is 0 Å². The van der Waals surface area contributed by atoms with Gasteiger partial charge in [-0.1, -0.05) is 33.1 Å². The van der Waals surface area contributed by atoms with Crippen molar-refractivity contribution in [2.45, 2.75) is 71.8 Å². The van der Waals surface area contributed by atoms with E-state index in [0.29, 0.717) is 19.0 Å². The lowest BCUT2D eigenvalue weighted by Crippen LogP contribution is -2.50. The maximum absolute atomic E-state index is 12.1. The molecule has 0 aliphatic carbocycles. The number of aliphatic imine (C=N–C) groups is 1. The minimum Gasteiger partial charge on any atom is -0.469 e.